The number of benzene rings is 2. The molecule has 4 nitrogen and oxygen atoms in total. The van der Waals surface area contributed by atoms with Crippen LogP contribution in [0.5, 0.6) is 0 Å². The molecule has 1 amide bonds. The van der Waals surface area contributed by atoms with Crippen molar-refractivity contribution in [2.24, 2.45) is 5.18 Å². The molecular weight excluding hydrogens is 327 g/mol. The van der Waals surface area contributed by atoms with Gasteiger partial charge in [0.25, 0.3) is 5.91 Å². The highest BCUT2D eigenvalue weighted by Gasteiger charge is 2.21. The molecule has 1 heterocycles. The summed E-state index contributed by atoms with van der Waals surface area (Å²) in [5, 5.41) is 3.55. The van der Waals surface area contributed by atoms with Gasteiger partial charge in [-0.1, -0.05) is 18.2 Å². The van der Waals surface area contributed by atoms with Crippen molar-refractivity contribution in [3.05, 3.63) is 64.1 Å². The molecule has 0 saturated heterocycles. The summed E-state index contributed by atoms with van der Waals surface area (Å²) in [7, 11) is 0. The topological polar surface area (TPSA) is 49.7 Å². The van der Waals surface area contributed by atoms with Gasteiger partial charge in [0.1, 0.15) is 5.69 Å². The molecule has 2 aromatic carbocycles. The van der Waals surface area contributed by atoms with E-state index in [1.54, 1.807) is 6.07 Å². The van der Waals surface area contributed by atoms with Crippen molar-refractivity contribution in [3.8, 4) is 0 Å². The molecule has 1 aromatic heterocycles. The zero-order valence-electron chi connectivity index (χ0n) is 11.0. The number of halogens is 2. The number of anilines is 1. The van der Waals surface area contributed by atoms with Crippen LogP contribution in [0.15, 0.2) is 53.7 Å². The van der Waals surface area contributed by atoms with Gasteiger partial charge in [-0.25, -0.2) is 8.81 Å². The van der Waals surface area contributed by atoms with Crippen LogP contribution in [0.25, 0.3) is 10.1 Å². The van der Waals surface area contributed by atoms with Crippen molar-refractivity contribution in [1.29, 1.82) is 0 Å². The van der Waals surface area contributed by atoms with Crippen LogP contribution in [0.1, 0.15) is 9.67 Å². The van der Waals surface area contributed by atoms with Crippen LogP contribution in [0.4, 0.5) is 15.8 Å². The number of thiophene rings is 1. The van der Waals surface area contributed by atoms with E-state index in [4.69, 9.17) is 11.8 Å². The first-order valence-electron chi connectivity index (χ1n) is 6.22. The second-order valence-corrected chi connectivity index (χ2v) is 5.88. The van der Waals surface area contributed by atoms with Gasteiger partial charge in [0.15, 0.2) is 5.82 Å². The Balaban J connectivity index is 1.95. The Hall–Kier alpha value is -2.31. The van der Waals surface area contributed by atoms with Crippen molar-refractivity contribution >= 4 is 50.5 Å². The number of hydrogen-bond donors (Lipinski definition) is 0. The largest absolute Gasteiger partial charge is 0.283 e. The first kappa shape index (κ1) is 14.6. The molecule has 0 aliphatic carbocycles. The van der Waals surface area contributed by atoms with Gasteiger partial charge in [-0.15, -0.1) is 16.2 Å². The zero-order chi connectivity index (χ0) is 15.7. The minimum absolute atomic E-state index is 0.0689. The molecule has 0 N–H and O–H groups in total. The number of hydrogen-bond acceptors (Lipinski definition) is 4. The molecule has 0 aliphatic heterocycles. The summed E-state index contributed by atoms with van der Waals surface area (Å²) < 4.78 is 15.5. The Kier molecular flexibility index (Phi) is 3.87. The van der Waals surface area contributed by atoms with Crippen molar-refractivity contribution in [2.75, 3.05) is 4.42 Å². The first-order valence-corrected chi connectivity index (χ1v) is 7.37. The van der Waals surface area contributed by atoms with Gasteiger partial charge in [-0.2, -0.15) is 0 Å². The third-order valence-corrected chi connectivity index (χ3v) is 4.50. The molecule has 0 atom stereocenters. The van der Waals surface area contributed by atoms with Gasteiger partial charge in [-0.05, 0) is 34.8 Å². The molecule has 3 aromatic rings. The zero-order valence-corrected chi connectivity index (χ0v) is 12.6. The lowest BCUT2D eigenvalue weighted by Gasteiger charge is -2.13. The summed E-state index contributed by atoms with van der Waals surface area (Å²) in [4.78, 5) is 23.1. The summed E-state index contributed by atoms with van der Waals surface area (Å²) >= 11 is 7.24. The monoisotopic (exact) mass is 334 g/mol. The number of carbonyl (C=O) groups excluding carboxylic acids is 1. The number of rotatable bonds is 3. The van der Waals surface area contributed by atoms with Gasteiger partial charge < -0.3 is 0 Å². The Bertz CT molecular complexity index is 848. The molecule has 0 spiro atoms. The predicted octanol–water partition coefficient (Wildman–Crippen LogP) is 5.24. The van der Waals surface area contributed by atoms with Gasteiger partial charge in [0.2, 0.25) is 0 Å². The minimum atomic E-state index is -0.790. The maximum atomic E-state index is 13.9. The van der Waals surface area contributed by atoms with Crippen LogP contribution in [-0.4, -0.2) is 5.91 Å². The second kappa shape index (κ2) is 5.82. The van der Waals surface area contributed by atoms with E-state index in [9.17, 15) is 14.1 Å². The van der Waals surface area contributed by atoms with Crippen LogP contribution < -0.4 is 4.42 Å². The SMILES string of the molecule is O=Nc1ccc(N(Cl)C(=O)c2cc3ccccc3s2)c(F)c1. The van der Waals surface area contributed by atoms with Crippen LogP contribution in [-0.2, 0) is 0 Å². The Morgan fingerprint density at radius 3 is 2.64 bits per heavy atom. The van der Waals surface area contributed by atoms with E-state index in [2.05, 4.69) is 5.18 Å². The summed E-state index contributed by atoms with van der Waals surface area (Å²) in [5.41, 5.74) is -0.197. The average Bonchev–Trinajstić information content (AvgIpc) is 2.97. The van der Waals surface area contributed by atoms with Gasteiger partial charge in [0.05, 0.1) is 10.6 Å². The fourth-order valence-corrected chi connectivity index (χ4v) is 3.28. The first-order chi connectivity index (χ1) is 10.6. The molecule has 22 heavy (non-hydrogen) atoms. The molecule has 0 saturated carbocycles. The Morgan fingerprint density at radius 1 is 1.18 bits per heavy atom. The molecule has 3 rings (SSSR count). The standard InChI is InChI=1S/C15H8ClFN2O2S/c16-19(12-6-5-10(18-21)8-11(12)17)15(20)14-7-9-3-1-2-4-13(9)22-14/h1-8H. The third kappa shape index (κ3) is 2.58. The maximum absolute atomic E-state index is 13.9. The normalized spacial score (nSPS) is 10.6. The lowest BCUT2D eigenvalue weighted by Crippen LogP contribution is -2.20. The average molecular weight is 335 g/mol. The van der Waals surface area contributed by atoms with Crippen LogP contribution >= 0.6 is 23.1 Å². The van der Waals surface area contributed by atoms with Gasteiger partial charge in [-0.3, -0.25) is 4.79 Å². The highest BCUT2D eigenvalue weighted by atomic mass is 35.5. The molecule has 7 heteroatoms. The molecule has 0 bridgehead atoms. The Labute approximate surface area is 133 Å². The summed E-state index contributed by atoms with van der Waals surface area (Å²) in [6, 6.07) is 12.7. The van der Waals surface area contributed by atoms with E-state index in [1.807, 2.05) is 24.3 Å². The van der Waals surface area contributed by atoms with Gasteiger partial charge >= 0.3 is 0 Å². The number of fused-ring (bicyclic) bond motifs is 1. The predicted molar refractivity (Wildman–Crippen MR) is 86.3 cm³/mol. The molecular formula is C15H8ClFN2O2S. The quantitative estimate of drug-likeness (QED) is 0.486. The minimum Gasteiger partial charge on any atom is -0.266 e. The highest BCUT2D eigenvalue weighted by molar-refractivity contribution is 7.21. The third-order valence-electron chi connectivity index (χ3n) is 3.06. The summed E-state index contributed by atoms with van der Waals surface area (Å²) in [6.45, 7) is 0. The summed E-state index contributed by atoms with van der Waals surface area (Å²) in [5.74, 6) is -1.32. The van der Waals surface area contributed by atoms with Crippen LogP contribution in [0.2, 0.25) is 0 Å². The molecule has 110 valence electrons. The fraction of sp³-hybridized carbons (Fsp3) is 0. The van der Waals surface area contributed by atoms with E-state index in [1.165, 1.54) is 23.5 Å². The van der Waals surface area contributed by atoms with E-state index in [-0.39, 0.29) is 11.4 Å². The molecule has 0 unspecified atom stereocenters. The van der Waals surface area contributed by atoms with Crippen molar-refractivity contribution in [3.63, 3.8) is 0 Å². The van der Waals surface area contributed by atoms with Crippen LogP contribution in [0.3, 0.4) is 0 Å². The summed E-state index contributed by atoms with van der Waals surface area (Å²) in [6.07, 6.45) is 0. The maximum Gasteiger partial charge on any atom is 0.283 e. The molecule has 0 fully saturated rings. The van der Waals surface area contributed by atoms with E-state index >= 15 is 0 Å². The van der Waals surface area contributed by atoms with Crippen LogP contribution in [0, 0.1) is 10.7 Å². The van der Waals surface area contributed by atoms with Crippen molar-refractivity contribution in [1.82, 2.24) is 0 Å². The molecule has 0 aliphatic rings. The number of nitroso groups, excluding NO2 is 1. The van der Waals surface area contributed by atoms with Crippen molar-refractivity contribution < 1.29 is 9.18 Å². The van der Waals surface area contributed by atoms with Crippen molar-refractivity contribution in [2.45, 2.75) is 0 Å². The number of nitrogens with zero attached hydrogens (tertiary/aromatic N) is 2. The van der Waals surface area contributed by atoms with E-state index in [0.717, 1.165) is 16.2 Å². The number of carbonyl (C=O) groups is 1. The van der Waals surface area contributed by atoms with E-state index in [0.29, 0.717) is 9.30 Å². The number of amides is 1. The fourth-order valence-electron chi connectivity index (χ4n) is 2.01. The molecule has 0 radical (unpaired) electrons. The second-order valence-electron chi connectivity index (χ2n) is 4.46. The highest BCUT2D eigenvalue weighted by Crippen LogP contribution is 2.31. The van der Waals surface area contributed by atoms with E-state index < -0.39 is 11.7 Å². The van der Waals surface area contributed by atoms with Gasteiger partial charge in [0, 0.05) is 22.5 Å². The smallest absolute Gasteiger partial charge is 0.266 e. The lowest BCUT2D eigenvalue weighted by molar-refractivity contribution is 0.101. The Morgan fingerprint density at radius 2 is 1.95 bits per heavy atom. The lowest BCUT2D eigenvalue weighted by atomic mass is 10.2.